The number of hydrogen-bond donors (Lipinski definition) is 0. The summed E-state index contributed by atoms with van der Waals surface area (Å²) in [6.07, 6.45) is 0. The van der Waals surface area contributed by atoms with Crippen LogP contribution in [0.15, 0.2) is 170 Å². The molecule has 4 nitrogen and oxygen atoms in total. The third kappa shape index (κ3) is 5.75. The summed E-state index contributed by atoms with van der Waals surface area (Å²) in [5, 5.41) is 6.86. The van der Waals surface area contributed by atoms with Crippen LogP contribution in [0.3, 0.4) is 0 Å². The van der Waals surface area contributed by atoms with Gasteiger partial charge in [-0.2, -0.15) is 0 Å². The van der Waals surface area contributed by atoms with Crippen molar-refractivity contribution in [2.24, 2.45) is 0 Å². The Hall–Kier alpha value is -7.56. The fourth-order valence-electron chi connectivity index (χ4n) is 9.06. The van der Waals surface area contributed by atoms with E-state index in [9.17, 15) is 0 Å². The predicted molar refractivity (Wildman–Crippen MR) is 251 cm³/mol. The molecule has 60 heavy (non-hydrogen) atoms. The highest BCUT2D eigenvalue weighted by Crippen LogP contribution is 2.39. The summed E-state index contributed by atoms with van der Waals surface area (Å²) >= 11 is 0. The minimum absolute atomic E-state index is 0.920. The van der Waals surface area contributed by atoms with Gasteiger partial charge in [0.25, 0.3) is 0 Å². The molecule has 11 rings (SSSR count). The zero-order valence-electron chi connectivity index (χ0n) is 34.0. The van der Waals surface area contributed by atoms with Crippen LogP contribution in [0.5, 0.6) is 0 Å². The lowest BCUT2D eigenvalue weighted by Gasteiger charge is -2.15. The molecule has 4 aromatic heterocycles. The Morgan fingerprint density at radius 2 is 0.600 bits per heavy atom. The second kappa shape index (κ2) is 14.1. The molecule has 0 saturated carbocycles. The first-order valence-electron chi connectivity index (χ1n) is 20.6. The average Bonchev–Trinajstić information content (AvgIpc) is 3.32. The Balaban J connectivity index is 1.03. The number of aryl methyl sites for hydroxylation is 4. The molecule has 4 heterocycles. The van der Waals surface area contributed by atoms with E-state index in [-0.39, 0.29) is 0 Å². The highest BCUT2D eigenvalue weighted by atomic mass is 14.8. The molecule has 7 aromatic carbocycles. The van der Waals surface area contributed by atoms with Gasteiger partial charge in [0.15, 0.2) is 0 Å². The van der Waals surface area contributed by atoms with Crippen molar-refractivity contribution in [1.29, 1.82) is 0 Å². The Labute approximate surface area is 348 Å². The van der Waals surface area contributed by atoms with Crippen LogP contribution in [0.2, 0.25) is 0 Å². The van der Waals surface area contributed by atoms with Gasteiger partial charge < -0.3 is 0 Å². The highest BCUT2D eigenvalue weighted by Gasteiger charge is 2.17. The molecule has 284 valence electrons. The van der Waals surface area contributed by atoms with Crippen molar-refractivity contribution in [3.63, 3.8) is 0 Å². The van der Waals surface area contributed by atoms with Crippen molar-refractivity contribution in [2.75, 3.05) is 0 Å². The summed E-state index contributed by atoms with van der Waals surface area (Å²) in [6, 6.07) is 60.1. The molecule has 0 N–H and O–H groups in total. The van der Waals surface area contributed by atoms with E-state index in [2.05, 4.69) is 185 Å². The maximum atomic E-state index is 5.42. The number of fused-ring (bicyclic) bond motifs is 7. The molecule has 0 amide bonds. The van der Waals surface area contributed by atoms with Crippen LogP contribution in [0, 0.1) is 27.7 Å². The Kier molecular flexibility index (Phi) is 8.35. The molecule has 0 fully saturated rings. The molecule has 0 saturated heterocycles. The van der Waals surface area contributed by atoms with E-state index in [1.54, 1.807) is 0 Å². The fraction of sp³-hybridized carbons (Fsp3) is 0.0714. The summed E-state index contributed by atoms with van der Waals surface area (Å²) in [7, 11) is 0. The van der Waals surface area contributed by atoms with E-state index >= 15 is 0 Å². The van der Waals surface area contributed by atoms with Crippen molar-refractivity contribution in [1.82, 2.24) is 19.9 Å². The summed E-state index contributed by atoms with van der Waals surface area (Å²) in [6.45, 7) is 8.76. The van der Waals surface area contributed by atoms with Crippen molar-refractivity contribution >= 4 is 54.4 Å². The molecule has 0 aliphatic heterocycles. The lowest BCUT2D eigenvalue weighted by Crippen LogP contribution is -1.96. The molecule has 0 bridgehead atoms. The van der Waals surface area contributed by atoms with Crippen molar-refractivity contribution in [3.05, 3.63) is 192 Å². The van der Waals surface area contributed by atoms with Gasteiger partial charge >= 0.3 is 0 Å². The predicted octanol–water partition coefficient (Wildman–Crippen LogP) is 14.6. The number of hydrogen-bond acceptors (Lipinski definition) is 4. The zero-order valence-corrected chi connectivity index (χ0v) is 34.0. The second-order valence-electron chi connectivity index (χ2n) is 15.9. The number of nitrogens with zero attached hydrogens (tertiary/aromatic N) is 4. The summed E-state index contributed by atoms with van der Waals surface area (Å²) < 4.78 is 0. The minimum Gasteiger partial charge on any atom is -0.245 e. The Morgan fingerprint density at radius 1 is 0.250 bits per heavy atom. The molecule has 11 aromatic rings. The molecular weight excluding hydrogens is 729 g/mol. The fourth-order valence-corrected chi connectivity index (χ4v) is 9.06. The van der Waals surface area contributed by atoms with Crippen molar-refractivity contribution in [2.45, 2.75) is 27.7 Å². The van der Waals surface area contributed by atoms with Crippen LogP contribution < -0.4 is 0 Å². The Bertz CT molecular complexity index is 3520. The average molecular weight is 769 g/mol. The van der Waals surface area contributed by atoms with Crippen LogP contribution in [0.4, 0.5) is 0 Å². The van der Waals surface area contributed by atoms with E-state index in [1.807, 2.05) is 12.1 Å². The monoisotopic (exact) mass is 768 g/mol. The third-order valence-corrected chi connectivity index (χ3v) is 12.6. The largest absolute Gasteiger partial charge is 0.245 e. The molecule has 0 spiro atoms. The molecular formula is C56H40N4. The van der Waals surface area contributed by atoms with Crippen LogP contribution in [0.25, 0.3) is 111 Å². The smallest absolute Gasteiger partial charge is 0.0975 e. The van der Waals surface area contributed by atoms with E-state index in [0.717, 1.165) is 105 Å². The van der Waals surface area contributed by atoms with Gasteiger partial charge in [-0.1, -0.05) is 140 Å². The summed E-state index contributed by atoms with van der Waals surface area (Å²) in [5.74, 6) is 0. The molecule has 0 aliphatic carbocycles. The lowest BCUT2D eigenvalue weighted by molar-refractivity contribution is 1.33. The standard InChI is InChI=1S/C56H40N4/c1-33-34(2)43-26-30-51(59-54(43)53-41(33)24-28-49(57-53)37-14-7-5-8-15-37)40-19-11-18-39(32-40)45-20-12-22-47-46(45)21-13-23-48(47)52-31-27-44-36(4)35(3)42-25-29-50(38-16-9-6-10-17-38)58-55(42)56(44)60-52/h5-32H,1-4H3. The Morgan fingerprint density at radius 3 is 1.08 bits per heavy atom. The topological polar surface area (TPSA) is 51.6 Å². The van der Waals surface area contributed by atoms with Crippen LogP contribution in [0.1, 0.15) is 22.3 Å². The van der Waals surface area contributed by atoms with E-state index in [1.165, 1.54) is 27.6 Å². The van der Waals surface area contributed by atoms with E-state index in [4.69, 9.17) is 19.9 Å². The number of aromatic nitrogens is 4. The SMILES string of the molecule is Cc1c(C)c2ccc(-c3cccc(-c4cccc5c(-c6ccc7c(C)c(C)c8ccc(-c9ccccc9)nc8c7n6)cccc45)c3)nc2c2nc(-c3ccccc3)ccc12. The third-order valence-electron chi connectivity index (χ3n) is 12.6. The summed E-state index contributed by atoms with van der Waals surface area (Å²) in [5.41, 5.74) is 19.0. The van der Waals surface area contributed by atoms with Gasteiger partial charge in [-0.25, -0.2) is 19.9 Å². The first-order chi connectivity index (χ1) is 29.4. The molecule has 0 atom stereocenters. The van der Waals surface area contributed by atoms with Gasteiger partial charge in [-0.15, -0.1) is 0 Å². The van der Waals surface area contributed by atoms with Crippen LogP contribution in [-0.4, -0.2) is 19.9 Å². The maximum Gasteiger partial charge on any atom is 0.0975 e. The van der Waals surface area contributed by atoms with Crippen LogP contribution >= 0.6 is 0 Å². The van der Waals surface area contributed by atoms with Gasteiger partial charge in [0.1, 0.15) is 0 Å². The summed E-state index contributed by atoms with van der Waals surface area (Å²) in [4.78, 5) is 21.3. The normalized spacial score (nSPS) is 11.7. The van der Waals surface area contributed by atoms with Crippen molar-refractivity contribution in [3.8, 4) is 56.2 Å². The van der Waals surface area contributed by atoms with Crippen molar-refractivity contribution < 1.29 is 0 Å². The van der Waals surface area contributed by atoms with Gasteiger partial charge in [0.2, 0.25) is 0 Å². The highest BCUT2D eigenvalue weighted by molar-refractivity contribution is 6.10. The molecule has 4 heteroatoms. The lowest BCUT2D eigenvalue weighted by atomic mass is 9.92. The molecule has 0 radical (unpaired) electrons. The van der Waals surface area contributed by atoms with Gasteiger partial charge in [-0.05, 0) is 102 Å². The first-order valence-corrected chi connectivity index (χ1v) is 20.6. The van der Waals surface area contributed by atoms with Gasteiger partial charge in [0, 0.05) is 43.8 Å². The minimum atomic E-state index is 0.920. The van der Waals surface area contributed by atoms with Gasteiger partial charge in [-0.3, -0.25) is 0 Å². The zero-order chi connectivity index (χ0) is 40.5. The molecule has 0 unspecified atom stereocenters. The second-order valence-corrected chi connectivity index (χ2v) is 15.9. The number of rotatable bonds is 5. The number of pyridine rings is 4. The van der Waals surface area contributed by atoms with E-state index < -0.39 is 0 Å². The molecule has 0 aliphatic rings. The maximum absolute atomic E-state index is 5.42. The first kappa shape index (κ1) is 35.6. The van der Waals surface area contributed by atoms with E-state index in [0.29, 0.717) is 0 Å². The van der Waals surface area contributed by atoms with Gasteiger partial charge in [0.05, 0.1) is 44.8 Å². The quantitative estimate of drug-likeness (QED) is 0.164. The number of benzene rings is 7. The van der Waals surface area contributed by atoms with Crippen LogP contribution in [-0.2, 0) is 0 Å².